The molecule has 1 aromatic heterocycles. The molecule has 0 amide bonds. The quantitative estimate of drug-likeness (QED) is 0.559. The van der Waals surface area contributed by atoms with Crippen LogP contribution in [0.25, 0.3) is 0 Å². The third-order valence-corrected chi connectivity index (χ3v) is 2.93. The van der Waals surface area contributed by atoms with Crippen LogP contribution < -0.4 is 0 Å². The van der Waals surface area contributed by atoms with E-state index < -0.39 is 5.97 Å². The Morgan fingerprint density at radius 2 is 2.31 bits per heavy atom. The van der Waals surface area contributed by atoms with Crippen LogP contribution in [0, 0.1) is 0 Å². The lowest BCUT2D eigenvalue weighted by Crippen LogP contribution is -2.05. The fraction of sp³-hybridized carbons (Fsp3) is 0.667. The Morgan fingerprint density at radius 1 is 1.56 bits per heavy atom. The summed E-state index contributed by atoms with van der Waals surface area (Å²) in [6.07, 6.45) is 0.685. The number of nitrogens with zero attached hydrogens (tertiary/aromatic N) is 3. The summed E-state index contributed by atoms with van der Waals surface area (Å²) in [7, 11) is 1.82. The number of carboxylic acids is 1. The number of hydrogen-bond acceptors (Lipinski definition) is 5. The van der Waals surface area contributed by atoms with Crippen molar-refractivity contribution in [2.75, 3.05) is 19.0 Å². The molecule has 0 unspecified atom stereocenters. The summed E-state index contributed by atoms with van der Waals surface area (Å²) in [5, 5.41) is 17.1. The van der Waals surface area contributed by atoms with Gasteiger partial charge in [0.2, 0.25) is 0 Å². The van der Waals surface area contributed by atoms with E-state index in [1.807, 2.05) is 14.0 Å². The highest BCUT2D eigenvalue weighted by Gasteiger charge is 2.10. The van der Waals surface area contributed by atoms with Crippen LogP contribution in [-0.4, -0.2) is 44.8 Å². The first kappa shape index (κ1) is 13.0. The van der Waals surface area contributed by atoms with Crippen LogP contribution in [0.1, 0.15) is 12.7 Å². The van der Waals surface area contributed by atoms with Gasteiger partial charge in [0.15, 0.2) is 5.16 Å². The molecule has 1 rings (SSSR count). The van der Waals surface area contributed by atoms with Crippen LogP contribution in [0.15, 0.2) is 5.16 Å². The van der Waals surface area contributed by atoms with E-state index in [0.29, 0.717) is 24.8 Å². The molecule has 0 aromatic carbocycles. The van der Waals surface area contributed by atoms with Gasteiger partial charge in [-0.1, -0.05) is 11.8 Å². The predicted molar refractivity (Wildman–Crippen MR) is 59.6 cm³/mol. The molecule has 1 N–H and O–H groups in total. The third-order valence-electron chi connectivity index (χ3n) is 1.92. The lowest BCUT2D eigenvalue weighted by Gasteiger charge is -2.02. The minimum Gasteiger partial charge on any atom is -0.481 e. The largest absolute Gasteiger partial charge is 0.481 e. The molecule has 16 heavy (non-hydrogen) atoms. The molecular formula is C9H15N3O3S. The number of carboxylic acid groups (broad SMARTS) is 1. The summed E-state index contributed by atoms with van der Waals surface area (Å²) in [6.45, 7) is 3.22. The molecule has 6 nitrogen and oxygen atoms in total. The molecule has 0 atom stereocenters. The summed E-state index contributed by atoms with van der Waals surface area (Å²) >= 11 is 1.16. The Bertz CT molecular complexity index is 354. The van der Waals surface area contributed by atoms with E-state index in [4.69, 9.17) is 9.84 Å². The van der Waals surface area contributed by atoms with E-state index in [2.05, 4.69) is 10.2 Å². The molecule has 0 saturated carbocycles. The Labute approximate surface area is 98.0 Å². The van der Waals surface area contributed by atoms with Gasteiger partial charge in [-0.15, -0.1) is 10.2 Å². The standard InChI is InChI=1S/C9H15N3O3S/c1-3-15-5-4-7-10-11-9(12(7)2)16-6-8(13)14/h3-6H2,1-2H3,(H,13,14). The second-order valence-corrected chi connectivity index (χ2v) is 4.03. The van der Waals surface area contributed by atoms with Crippen molar-refractivity contribution in [3.05, 3.63) is 5.82 Å². The summed E-state index contributed by atoms with van der Waals surface area (Å²) in [6, 6.07) is 0. The van der Waals surface area contributed by atoms with Gasteiger partial charge >= 0.3 is 5.97 Å². The molecule has 0 bridgehead atoms. The highest BCUT2D eigenvalue weighted by atomic mass is 32.2. The SMILES string of the molecule is CCOCCc1nnc(SCC(=O)O)n1C. The second kappa shape index (κ2) is 6.49. The maximum Gasteiger partial charge on any atom is 0.313 e. The Balaban J connectivity index is 2.51. The monoisotopic (exact) mass is 245 g/mol. The lowest BCUT2D eigenvalue weighted by atomic mass is 10.4. The van der Waals surface area contributed by atoms with Gasteiger partial charge in [0, 0.05) is 20.1 Å². The van der Waals surface area contributed by atoms with Crippen molar-refractivity contribution < 1.29 is 14.6 Å². The molecule has 0 aliphatic rings. The number of carbonyl (C=O) groups is 1. The van der Waals surface area contributed by atoms with E-state index >= 15 is 0 Å². The number of aromatic nitrogens is 3. The fourth-order valence-electron chi connectivity index (χ4n) is 1.12. The molecule has 0 radical (unpaired) electrons. The van der Waals surface area contributed by atoms with Crippen molar-refractivity contribution in [3.8, 4) is 0 Å². The van der Waals surface area contributed by atoms with Crippen molar-refractivity contribution in [1.29, 1.82) is 0 Å². The predicted octanol–water partition coefficient (Wildman–Crippen LogP) is 0.571. The van der Waals surface area contributed by atoms with Gasteiger partial charge in [0.05, 0.1) is 12.4 Å². The third kappa shape index (κ3) is 3.82. The highest BCUT2D eigenvalue weighted by molar-refractivity contribution is 7.99. The number of ether oxygens (including phenoxy) is 1. The van der Waals surface area contributed by atoms with Crippen molar-refractivity contribution in [2.24, 2.45) is 7.05 Å². The topological polar surface area (TPSA) is 77.2 Å². The normalized spacial score (nSPS) is 10.6. The van der Waals surface area contributed by atoms with E-state index in [-0.39, 0.29) is 5.75 Å². The van der Waals surface area contributed by atoms with Gasteiger partial charge in [0.1, 0.15) is 5.82 Å². The second-order valence-electron chi connectivity index (χ2n) is 3.09. The average Bonchev–Trinajstić information content (AvgIpc) is 2.58. The zero-order valence-electron chi connectivity index (χ0n) is 9.34. The minimum absolute atomic E-state index is 0.00255. The molecule has 0 fully saturated rings. The molecule has 0 saturated heterocycles. The molecule has 1 aromatic rings. The Kier molecular flexibility index (Phi) is 5.27. The fourth-order valence-corrected chi connectivity index (χ4v) is 1.77. The van der Waals surface area contributed by atoms with Crippen LogP contribution in [-0.2, 0) is 23.0 Å². The van der Waals surface area contributed by atoms with E-state index in [1.54, 1.807) is 4.57 Å². The minimum atomic E-state index is -0.858. The Hall–Kier alpha value is -1.08. The zero-order chi connectivity index (χ0) is 12.0. The summed E-state index contributed by atoms with van der Waals surface area (Å²) < 4.78 is 7.02. The van der Waals surface area contributed by atoms with Crippen LogP contribution >= 0.6 is 11.8 Å². The van der Waals surface area contributed by atoms with Crippen LogP contribution in [0.2, 0.25) is 0 Å². The molecule has 7 heteroatoms. The first-order chi connectivity index (χ1) is 7.65. The van der Waals surface area contributed by atoms with Gasteiger partial charge in [-0.25, -0.2) is 0 Å². The average molecular weight is 245 g/mol. The first-order valence-electron chi connectivity index (χ1n) is 4.95. The van der Waals surface area contributed by atoms with Gasteiger partial charge in [-0.2, -0.15) is 0 Å². The van der Waals surface area contributed by atoms with E-state index in [1.165, 1.54) is 0 Å². The number of hydrogen-bond donors (Lipinski definition) is 1. The zero-order valence-corrected chi connectivity index (χ0v) is 10.2. The molecular weight excluding hydrogens is 230 g/mol. The van der Waals surface area contributed by atoms with Crippen LogP contribution in [0.5, 0.6) is 0 Å². The molecule has 0 aliphatic heterocycles. The number of thioether (sulfide) groups is 1. The highest BCUT2D eigenvalue weighted by Crippen LogP contribution is 2.15. The molecule has 0 spiro atoms. The summed E-state index contributed by atoms with van der Waals surface area (Å²) in [5.41, 5.74) is 0. The maximum atomic E-state index is 10.4. The molecule has 1 heterocycles. The van der Waals surface area contributed by atoms with Crippen LogP contribution in [0.4, 0.5) is 0 Å². The van der Waals surface area contributed by atoms with Crippen molar-refractivity contribution >= 4 is 17.7 Å². The Morgan fingerprint density at radius 3 is 2.94 bits per heavy atom. The van der Waals surface area contributed by atoms with Gasteiger partial charge in [-0.3, -0.25) is 4.79 Å². The van der Waals surface area contributed by atoms with Gasteiger partial charge in [-0.05, 0) is 6.92 Å². The lowest BCUT2D eigenvalue weighted by molar-refractivity contribution is -0.133. The van der Waals surface area contributed by atoms with Gasteiger partial charge < -0.3 is 14.4 Å². The van der Waals surface area contributed by atoms with E-state index in [0.717, 1.165) is 17.6 Å². The van der Waals surface area contributed by atoms with Crippen molar-refractivity contribution in [3.63, 3.8) is 0 Å². The van der Waals surface area contributed by atoms with Crippen molar-refractivity contribution in [2.45, 2.75) is 18.5 Å². The van der Waals surface area contributed by atoms with Crippen molar-refractivity contribution in [1.82, 2.24) is 14.8 Å². The molecule has 90 valence electrons. The van der Waals surface area contributed by atoms with Crippen LogP contribution in [0.3, 0.4) is 0 Å². The van der Waals surface area contributed by atoms with E-state index in [9.17, 15) is 4.79 Å². The smallest absolute Gasteiger partial charge is 0.313 e. The summed E-state index contributed by atoms with van der Waals surface area (Å²) in [4.78, 5) is 10.4. The summed E-state index contributed by atoms with van der Waals surface area (Å²) in [5.74, 6) is -0.0533. The van der Waals surface area contributed by atoms with Gasteiger partial charge in [0.25, 0.3) is 0 Å². The molecule has 0 aliphatic carbocycles. The number of rotatable bonds is 7. The first-order valence-corrected chi connectivity index (χ1v) is 5.94. The maximum absolute atomic E-state index is 10.4. The number of aliphatic carboxylic acids is 1.